The van der Waals surface area contributed by atoms with Crippen molar-refractivity contribution < 1.29 is 14.3 Å². The van der Waals surface area contributed by atoms with Crippen molar-refractivity contribution in [3.63, 3.8) is 0 Å². The number of nitrogens with one attached hydrogen (secondary N) is 1. The first-order valence-electron chi connectivity index (χ1n) is 10.7. The number of rotatable bonds is 9. The van der Waals surface area contributed by atoms with Gasteiger partial charge in [-0.2, -0.15) is 0 Å². The molecule has 0 spiro atoms. The average Bonchev–Trinajstić information content (AvgIpc) is 2.70. The molecule has 31 heavy (non-hydrogen) atoms. The van der Waals surface area contributed by atoms with Gasteiger partial charge < -0.3 is 15.0 Å². The van der Waals surface area contributed by atoms with Crippen molar-refractivity contribution in [1.29, 1.82) is 0 Å². The van der Waals surface area contributed by atoms with Crippen LogP contribution < -0.4 is 10.1 Å². The number of amides is 2. The smallest absolute Gasteiger partial charge is 0.261 e. The summed E-state index contributed by atoms with van der Waals surface area (Å²) in [6.45, 7) is 12.0. The molecule has 0 saturated carbocycles. The summed E-state index contributed by atoms with van der Waals surface area (Å²) < 4.78 is 6.87. The highest BCUT2D eigenvalue weighted by Gasteiger charge is 2.29. The number of ether oxygens (including phenoxy) is 1. The molecule has 0 fully saturated rings. The summed E-state index contributed by atoms with van der Waals surface area (Å²) in [6.07, 6.45) is 0.520. The lowest BCUT2D eigenvalue weighted by Crippen LogP contribution is -2.51. The van der Waals surface area contributed by atoms with Crippen LogP contribution in [0.3, 0.4) is 0 Å². The van der Waals surface area contributed by atoms with E-state index in [0.29, 0.717) is 18.7 Å². The molecule has 0 bridgehead atoms. The summed E-state index contributed by atoms with van der Waals surface area (Å²) in [5, 5.41) is 2.94. The van der Waals surface area contributed by atoms with Crippen LogP contribution in [-0.4, -0.2) is 35.4 Å². The minimum atomic E-state index is -0.562. The fraction of sp³-hybridized carbons (Fsp3) is 0.440. The van der Waals surface area contributed by atoms with E-state index >= 15 is 0 Å². The molecular formula is C25H33BrN2O3. The number of benzene rings is 2. The molecule has 168 valence electrons. The lowest BCUT2D eigenvalue weighted by atomic mass is 10.1. The van der Waals surface area contributed by atoms with E-state index in [0.717, 1.165) is 26.7 Å². The van der Waals surface area contributed by atoms with Crippen LogP contribution in [0, 0.1) is 20.8 Å². The van der Waals surface area contributed by atoms with Gasteiger partial charge in [-0.25, -0.2) is 0 Å². The van der Waals surface area contributed by atoms with Gasteiger partial charge in [0.2, 0.25) is 5.91 Å². The van der Waals surface area contributed by atoms with Gasteiger partial charge in [-0.15, -0.1) is 0 Å². The van der Waals surface area contributed by atoms with E-state index in [1.807, 2.05) is 77.9 Å². The second-order valence-corrected chi connectivity index (χ2v) is 9.05. The highest BCUT2D eigenvalue weighted by molar-refractivity contribution is 9.10. The average molecular weight is 489 g/mol. The van der Waals surface area contributed by atoms with Gasteiger partial charge in [0.25, 0.3) is 5.91 Å². The Bertz CT molecular complexity index is 886. The summed E-state index contributed by atoms with van der Waals surface area (Å²) in [7, 11) is 0. The molecule has 0 aliphatic heterocycles. The Kier molecular flexibility index (Phi) is 9.11. The summed E-state index contributed by atoms with van der Waals surface area (Å²) in [5.74, 6) is 0.277. The van der Waals surface area contributed by atoms with Gasteiger partial charge in [-0.1, -0.05) is 52.7 Å². The van der Waals surface area contributed by atoms with Crippen molar-refractivity contribution in [2.45, 2.75) is 66.6 Å². The predicted octanol–water partition coefficient (Wildman–Crippen LogP) is 5.09. The highest BCUT2D eigenvalue weighted by atomic mass is 79.9. The van der Waals surface area contributed by atoms with Crippen LogP contribution in [-0.2, 0) is 16.1 Å². The Morgan fingerprint density at radius 3 is 2.16 bits per heavy atom. The first kappa shape index (κ1) is 24.9. The Hall–Kier alpha value is -2.34. The van der Waals surface area contributed by atoms with E-state index < -0.39 is 6.04 Å². The SMILES string of the molecule is CC[C@H](C(=O)NC(C)C)N(Cc1ccc(C)cc1)C(=O)COc1cc(C)c(Br)c(C)c1. The summed E-state index contributed by atoms with van der Waals surface area (Å²) in [6, 6.07) is 11.2. The van der Waals surface area contributed by atoms with Crippen LogP contribution in [0.1, 0.15) is 49.4 Å². The van der Waals surface area contributed by atoms with Crippen molar-refractivity contribution in [3.8, 4) is 5.75 Å². The zero-order valence-electron chi connectivity index (χ0n) is 19.3. The zero-order chi connectivity index (χ0) is 23.1. The quantitative estimate of drug-likeness (QED) is 0.534. The minimum Gasteiger partial charge on any atom is -0.484 e. The van der Waals surface area contributed by atoms with Crippen LogP contribution in [0.5, 0.6) is 5.75 Å². The molecule has 0 aliphatic rings. The molecule has 0 aliphatic carbocycles. The number of nitrogens with zero attached hydrogens (tertiary/aromatic N) is 1. The normalized spacial score (nSPS) is 11.9. The monoisotopic (exact) mass is 488 g/mol. The molecule has 2 aromatic rings. The van der Waals surface area contributed by atoms with Crippen molar-refractivity contribution in [3.05, 3.63) is 63.1 Å². The van der Waals surface area contributed by atoms with Gasteiger partial charge in [0.05, 0.1) is 0 Å². The maximum Gasteiger partial charge on any atom is 0.261 e. The third-order valence-corrected chi connectivity index (χ3v) is 6.31. The summed E-state index contributed by atoms with van der Waals surface area (Å²) >= 11 is 3.55. The van der Waals surface area contributed by atoms with E-state index in [4.69, 9.17) is 4.74 Å². The van der Waals surface area contributed by atoms with E-state index in [2.05, 4.69) is 21.2 Å². The number of carbonyl (C=O) groups is 2. The fourth-order valence-corrected chi connectivity index (χ4v) is 3.64. The molecular weight excluding hydrogens is 456 g/mol. The maximum atomic E-state index is 13.2. The molecule has 0 saturated heterocycles. The standard InChI is InChI=1S/C25H33BrN2O3/c1-7-22(25(30)27-16(2)3)28(14-20-10-8-17(4)9-11-20)23(29)15-31-21-12-18(5)24(26)19(6)13-21/h8-13,16,22H,7,14-15H2,1-6H3,(H,27,30)/t22-/m1/s1. The second kappa shape index (κ2) is 11.3. The van der Waals surface area contributed by atoms with Crippen molar-refractivity contribution in [2.75, 3.05) is 6.61 Å². The molecule has 1 N–H and O–H groups in total. The lowest BCUT2D eigenvalue weighted by Gasteiger charge is -2.31. The molecule has 0 heterocycles. The zero-order valence-corrected chi connectivity index (χ0v) is 20.9. The van der Waals surface area contributed by atoms with E-state index in [-0.39, 0.29) is 24.5 Å². The van der Waals surface area contributed by atoms with Gasteiger partial charge >= 0.3 is 0 Å². The van der Waals surface area contributed by atoms with Crippen LogP contribution >= 0.6 is 15.9 Å². The van der Waals surface area contributed by atoms with Crippen LogP contribution in [0.25, 0.3) is 0 Å². The number of carbonyl (C=O) groups excluding carboxylic acids is 2. The van der Waals surface area contributed by atoms with Gasteiger partial charge in [-0.05, 0) is 69.9 Å². The molecule has 0 radical (unpaired) electrons. The topological polar surface area (TPSA) is 58.6 Å². The Labute approximate surface area is 194 Å². The van der Waals surface area contributed by atoms with Gasteiger partial charge in [0, 0.05) is 17.1 Å². The second-order valence-electron chi connectivity index (χ2n) is 8.25. The molecule has 6 heteroatoms. The van der Waals surface area contributed by atoms with Crippen LogP contribution in [0.15, 0.2) is 40.9 Å². The first-order chi connectivity index (χ1) is 14.6. The van der Waals surface area contributed by atoms with Crippen molar-refractivity contribution in [1.82, 2.24) is 10.2 Å². The van der Waals surface area contributed by atoms with Crippen molar-refractivity contribution >= 4 is 27.7 Å². The first-order valence-corrected chi connectivity index (χ1v) is 11.5. The number of aryl methyl sites for hydroxylation is 3. The highest BCUT2D eigenvalue weighted by Crippen LogP contribution is 2.26. The molecule has 2 rings (SSSR count). The Morgan fingerprint density at radius 2 is 1.65 bits per heavy atom. The molecule has 0 aromatic heterocycles. The lowest BCUT2D eigenvalue weighted by molar-refractivity contribution is -0.143. The number of hydrogen-bond acceptors (Lipinski definition) is 3. The van der Waals surface area contributed by atoms with E-state index in [1.165, 1.54) is 0 Å². The third kappa shape index (κ3) is 7.10. The Balaban J connectivity index is 2.23. The van der Waals surface area contributed by atoms with Crippen molar-refractivity contribution in [2.24, 2.45) is 0 Å². The van der Waals surface area contributed by atoms with Gasteiger partial charge in [0.15, 0.2) is 6.61 Å². The van der Waals surface area contributed by atoms with Crippen LogP contribution in [0.4, 0.5) is 0 Å². The number of hydrogen-bond donors (Lipinski definition) is 1. The number of halogens is 1. The molecule has 5 nitrogen and oxygen atoms in total. The van der Waals surface area contributed by atoms with Gasteiger partial charge in [0.1, 0.15) is 11.8 Å². The van der Waals surface area contributed by atoms with Crippen LogP contribution in [0.2, 0.25) is 0 Å². The minimum absolute atomic E-state index is 0.00263. The molecule has 1 atom stereocenters. The largest absolute Gasteiger partial charge is 0.484 e. The van der Waals surface area contributed by atoms with Gasteiger partial charge in [-0.3, -0.25) is 9.59 Å². The summed E-state index contributed by atoms with van der Waals surface area (Å²) in [4.78, 5) is 27.7. The molecule has 0 unspecified atom stereocenters. The molecule has 2 amide bonds. The molecule has 2 aromatic carbocycles. The Morgan fingerprint density at radius 1 is 1.06 bits per heavy atom. The third-order valence-electron chi connectivity index (χ3n) is 5.06. The predicted molar refractivity (Wildman–Crippen MR) is 128 cm³/mol. The van der Waals surface area contributed by atoms with E-state index in [9.17, 15) is 9.59 Å². The fourth-order valence-electron chi connectivity index (χ4n) is 3.41. The maximum absolute atomic E-state index is 13.2. The summed E-state index contributed by atoms with van der Waals surface area (Å²) in [5.41, 5.74) is 4.21. The van der Waals surface area contributed by atoms with E-state index in [1.54, 1.807) is 4.90 Å².